The molecule has 0 bridgehead atoms. The molecular formula is C9H18NO4S. The van der Waals surface area contributed by atoms with E-state index in [1.54, 1.807) is 27.7 Å². The maximum Gasteiger partial charge on any atom is 0.267 e. The molecule has 0 aromatic carbocycles. The average molecular weight is 236 g/mol. The van der Waals surface area contributed by atoms with Gasteiger partial charge in [0.2, 0.25) is 0 Å². The number of hydroxylamine groups is 2. The summed E-state index contributed by atoms with van der Waals surface area (Å²) in [5, 5.41) is 12.0. The number of hydrogen-bond donors (Lipinski definition) is 1. The summed E-state index contributed by atoms with van der Waals surface area (Å²) < 4.78 is 31.3. The summed E-state index contributed by atoms with van der Waals surface area (Å²) in [6.07, 6.45) is 0.331. The molecule has 1 radical (unpaired) electrons. The summed E-state index contributed by atoms with van der Waals surface area (Å²) in [4.78, 5) is 0. The van der Waals surface area contributed by atoms with Crippen LogP contribution in [0.5, 0.6) is 0 Å². The first-order chi connectivity index (χ1) is 6.47. The normalized spacial score (nSPS) is 27.9. The van der Waals surface area contributed by atoms with Crippen molar-refractivity contribution in [2.45, 2.75) is 56.9 Å². The zero-order valence-electron chi connectivity index (χ0n) is 9.52. The summed E-state index contributed by atoms with van der Waals surface area (Å²) in [5.41, 5.74) is -1.52. The zero-order chi connectivity index (χ0) is 12.1. The van der Waals surface area contributed by atoms with Crippen LogP contribution in [0.25, 0.3) is 0 Å². The topological polar surface area (TPSA) is 77.5 Å². The minimum atomic E-state index is -4.06. The maximum absolute atomic E-state index is 11.9. The molecule has 0 atom stereocenters. The van der Waals surface area contributed by atoms with E-state index in [0.29, 0.717) is 0 Å². The van der Waals surface area contributed by atoms with Crippen molar-refractivity contribution in [2.75, 3.05) is 0 Å². The summed E-state index contributed by atoms with van der Waals surface area (Å²) in [7, 11) is -4.06. The van der Waals surface area contributed by atoms with Crippen LogP contribution in [0.2, 0.25) is 0 Å². The predicted molar refractivity (Wildman–Crippen MR) is 55.3 cm³/mol. The fourth-order valence-corrected chi connectivity index (χ4v) is 3.62. The van der Waals surface area contributed by atoms with Crippen LogP contribution in [-0.4, -0.2) is 34.4 Å². The van der Waals surface area contributed by atoms with Crippen molar-refractivity contribution in [1.82, 2.24) is 5.06 Å². The second-order valence-corrected chi connectivity index (χ2v) is 7.16. The highest BCUT2D eigenvalue weighted by atomic mass is 32.2. The molecule has 0 saturated carbocycles. The molecule has 1 saturated heterocycles. The van der Waals surface area contributed by atoms with Crippen molar-refractivity contribution in [2.24, 2.45) is 0 Å². The Kier molecular flexibility index (Phi) is 2.93. The van der Waals surface area contributed by atoms with Crippen molar-refractivity contribution >= 4 is 10.1 Å². The van der Waals surface area contributed by atoms with Crippen molar-refractivity contribution in [3.05, 3.63) is 0 Å². The van der Waals surface area contributed by atoms with Crippen LogP contribution in [0.1, 0.15) is 40.5 Å². The molecule has 0 amide bonds. The molecule has 5 nitrogen and oxygen atoms in total. The van der Waals surface area contributed by atoms with Gasteiger partial charge in [0.1, 0.15) is 0 Å². The monoisotopic (exact) mass is 236 g/mol. The molecule has 1 N–H and O–H groups in total. The molecule has 0 unspecified atom stereocenters. The summed E-state index contributed by atoms with van der Waals surface area (Å²) >= 11 is 0. The van der Waals surface area contributed by atoms with Gasteiger partial charge in [-0.25, -0.2) is 0 Å². The van der Waals surface area contributed by atoms with Gasteiger partial charge in [0.15, 0.2) is 0 Å². The maximum atomic E-state index is 11.9. The number of rotatable bonds is 1. The highest BCUT2D eigenvalue weighted by Crippen LogP contribution is 2.39. The minimum absolute atomic E-state index is 0.165. The molecule has 89 valence electrons. The molecule has 1 fully saturated rings. The van der Waals surface area contributed by atoms with Crippen molar-refractivity contribution < 1.29 is 18.2 Å². The van der Waals surface area contributed by atoms with E-state index in [9.17, 15) is 13.6 Å². The number of nitrogens with zero attached hydrogens (tertiary/aromatic N) is 1. The van der Waals surface area contributed by atoms with E-state index in [1.807, 2.05) is 0 Å². The third kappa shape index (κ3) is 2.50. The number of piperidine rings is 1. The molecule has 0 aliphatic carbocycles. The Morgan fingerprint density at radius 2 is 1.47 bits per heavy atom. The van der Waals surface area contributed by atoms with Gasteiger partial charge in [0.25, 0.3) is 10.1 Å². The smallest absolute Gasteiger partial charge is 0.267 e. The van der Waals surface area contributed by atoms with E-state index >= 15 is 0 Å². The van der Waals surface area contributed by atoms with Gasteiger partial charge in [-0.3, -0.25) is 4.55 Å². The lowest BCUT2D eigenvalue weighted by molar-refractivity contribution is -0.286. The quantitative estimate of drug-likeness (QED) is 0.695. The highest BCUT2D eigenvalue weighted by molar-refractivity contribution is 7.86. The van der Waals surface area contributed by atoms with E-state index in [4.69, 9.17) is 4.55 Å². The van der Waals surface area contributed by atoms with Crippen LogP contribution in [0.4, 0.5) is 0 Å². The lowest BCUT2D eigenvalue weighted by Gasteiger charge is -2.48. The van der Waals surface area contributed by atoms with Crippen molar-refractivity contribution in [1.29, 1.82) is 0 Å². The Labute approximate surface area is 90.8 Å². The Morgan fingerprint density at radius 3 is 1.73 bits per heavy atom. The van der Waals surface area contributed by atoms with Crippen molar-refractivity contribution in [3.63, 3.8) is 0 Å². The average Bonchev–Trinajstić information content (AvgIpc) is 1.97. The first-order valence-corrected chi connectivity index (χ1v) is 6.41. The highest BCUT2D eigenvalue weighted by Gasteiger charge is 2.49. The molecule has 0 aromatic rings. The summed E-state index contributed by atoms with van der Waals surface area (Å²) in [5.74, 6) is 0. The first-order valence-electron chi connectivity index (χ1n) is 4.91. The van der Waals surface area contributed by atoms with E-state index < -0.39 is 26.4 Å². The lowest BCUT2D eigenvalue weighted by atomic mass is 9.82. The predicted octanol–water partition coefficient (Wildman–Crippen LogP) is 1.24. The first kappa shape index (κ1) is 12.9. The Morgan fingerprint density at radius 1 is 1.13 bits per heavy atom. The van der Waals surface area contributed by atoms with Crippen LogP contribution < -0.4 is 0 Å². The van der Waals surface area contributed by atoms with Crippen LogP contribution in [0.3, 0.4) is 0 Å². The third-order valence-corrected chi connectivity index (χ3v) is 4.15. The fourth-order valence-electron chi connectivity index (χ4n) is 2.38. The van der Waals surface area contributed by atoms with Gasteiger partial charge in [-0.15, -0.1) is 10.3 Å². The van der Waals surface area contributed by atoms with Gasteiger partial charge < -0.3 is 0 Å². The van der Waals surface area contributed by atoms with E-state index in [0.717, 1.165) is 5.06 Å². The molecule has 15 heavy (non-hydrogen) atoms. The van der Waals surface area contributed by atoms with Crippen LogP contribution >= 0.6 is 0 Å². The molecular weight excluding hydrogens is 218 g/mol. The Hall–Kier alpha value is -0.170. The Balaban J connectivity index is 3.05. The van der Waals surface area contributed by atoms with E-state index in [-0.39, 0.29) is 12.8 Å². The second-order valence-electron chi connectivity index (χ2n) is 5.46. The molecule has 0 aromatic heterocycles. The van der Waals surface area contributed by atoms with E-state index in [1.165, 1.54) is 0 Å². The van der Waals surface area contributed by atoms with Gasteiger partial charge in [-0.1, -0.05) is 0 Å². The van der Waals surface area contributed by atoms with Gasteiger partial charge >= 0.3 is 0 Å². The fraction of sp³-hybridized carbons (Fsp3) is 1.00. The summed E-state index contributed by atoms with van der Waals surface area (Å²) in [6, 6.07) is 0. The molecule has 6 heteroatoms. The SMILES string of the molecule is CC1(C)CC(S(=O)(=O)O)CC(C)(C)N1[O]. The van der Waals surface area contributed by atoms with Gasteiger partial charge in [-0.05, 0) is 40.5 Å². The van der Waals surface area contributed by atoms with E-state index in [2.05, 4.69) is 0 Å². The largest absolute Gasteiger partial charge is 0.285 e. The molecule has 1 aliphatic heterocycles. The molecule has 1 heterocycles. The zero-order valence-corrected chi connectivity index (χ0v) is 10.3. The third-order valence-electron chi connectivity index (χ3n) is 2.98. The van der Waals surface area contributed by atoms with Crippen LogP contribution in [-0.2, 0) is 15.3 Å². The van der Waals surface area contributed by atoms with Crippen molar-refractivity contribution in [3.8, 4) is 0 Å². The van der Waals surface area contributed by atoms with Crippen LogP contribution in [0, 0.1) is 0 Å². The second kappa shape index (κ2) is 3.41. The standard InChI is InChI=1S/C9H18NO4S/c1-8(2)5-7(15(12,13)14)6-9(3,4)10(8)11/h7H,5-6H2,1-4H3,(H,12,13,14). The molecule has 1 aliphatic rings. The Bertz CT molecular complexity index is 329. The molecule has 1 rings (SSSR count). The number of hydrogen-bond acceptors (Lipinski definition) is 3. The van der Waals surface area contributed by atoms with Gasteiger partial charge in [0.05, 0.1) is 5.25 Å². The minimum Gasteiger partial charge on any atom is -0.285 e. The van der Waals surface area contributed by atoms with Gasteiger partial charge in [0, 0.05) is 11.1 Å². The summed E-state index contributed by atoms with van der Waals surface area (Å²) in [6.45, 7) is 6.77. The van der Waals surface area contributed by atoms with Gasteiger partial charge in [-0.2, -0.15) is 8.42 Å². The van der Waals surface area contributed by atoms with Crippen LogP contribution in [0.15, 0.2) is 0 Å². The molecule has 0 spiro atoms. The lowest BCUT2D eigenvalue weighted by Crippen LogP contribution is -2.60.